The molecular weight excluding hydrogens is 739 g/mol. The summed E-state index contributed by atoms with van der Waals surface area (Å²) >= 11 is 0. The molecule has 1 aliphatic heterocycles. The van der Waals surface area contributed by atoms with E-state index in [2.05, 4.69) is 196 Å². The van der Waals surface area contributed by atoms with E-state index < -0.39 is 0 Å². The summed E-state index contributed by atoms with van der Waals surface area (Å²) in [4.78, 5) is 9.24. The first-order chi connectivity index (χ1) is 29.9. The highest BCUT2D eigenvalue weighted by molar-refractivity contribution is 6.01. The molecule has 61 heavy (non-hydrogen) atoms. The summed E-state index contributed by atoms with van der Waals surface area (Å²) in [5.41, 5.74) is 16.6. The van der Waals surface area contributed by atoms with E-state index in [-0.39, 0.29) is 0 Å². The van der Waals surface area contributed by atoms with E-state index in [1.807, 2.05) is 55.5 Å². The van der Waals surface area contributed by atoms with Crippen LogP contribution in [0.1, 0.15) is 65.1 Å². The average molecular weight is 795 g/mol. The molecule has 303 valence electrons. The second-order valence-electron chi connectivity index (χ2n) is 16.0. The van der Waals surface area contributed by atoms with E-state index in [0.29, 0.717) is 11.8 Å². The molecule has 6 aromatic carbocycles. The van der Waals surface area contributed by atoms with Gasteiger partial charge in [0.2, 0.25) is 0 Å². The standard InChI is InChI=1S/C34H28N.C17H20N2.C7H8/c1-25-31-21-20-27(22-26-12-5-2-6-13-26)23-33(31)34-28(14-11-19-32(25)34)24-35(29-15-7-3-8-16-29)30-17-9-4-10-18-30;1-4-5-6-7-16-12-19(3)13-17(18-16)15-10-8-14(2)9-11-15;1-7-5-3-2-4-6-7/h2-3,5-13,15-16,19-21,23,25,28H,14,22,24H2,1H3;4-11,13H,12H2,1-3H3;2-6H,1H3/b;5-4-,7-6-;. The smallest absolute Gasteiger partial charge is 0.0864 e. The number of hydrogen-bond acceptors (Lipinski definition) is 3. The largest absolute Gasteiger partial charge is 0.373 e. The lowest BCUT2D eigenvalue weighted by Gasteiger charge is -2.32. The van der Waals surface area contributed by atoms with Gasteiger partial charge in [-0.15, -0.1) is 0 Å². The fraction of sp³-hybridized carbons (Fsp3) is 0.190. The molecule has 2 atom stereocenters. The lowest BCUT2D eigenvalue weighted by Crippen LogP contribution is -2.26. The molecule has 2 aliphatic carbocycles. The van der Waals surface area contributed by atoms with E-state index >= 15 is 0 Å². The SMILES string of the molecule is C/C=C\C=C/C1=NC(c2ccc(C)cc2)=CN(C)C1.CC1C2=C(c3cc(Cc4ccccc4)ccc31)C(CN(c1[c]c[c]c[c]1)c1ccccc1)CC=C2.Cc1ccccc1. The Morgan fingerprint density at radius 2 is 1.44 bits per heavy atom. The molecule has 2 unspecified atom stereocenters. The normalized spacial score (nSPS) is 16.5. The number of rotatable bonds is 9. The Labute approximate surface area is 365 Å². The van der Waals surface area contributed by atoms with Gasteiger partial charge in [-0.2, -0.15) is 0 Å². The molecule has 0 fully saturated rings. The zero-order chi connectivity index (χ0) is 42.4. The number of para-hydroxylation sites is 1. The molecule has 0 amide bonds. The molecule has 0 N–H and O–H groups in total. The highest BCUT2D eigenvalue weighted by Gasteiger charge is 2.34. The molecule has 0 spiro atoms. The van der Waals surface area contributed by atoms with Gasteiger partial charge >= 0.3 is 0 Å². The highest BCUT2D eigenvalue weighted by Crippen LogP contribution is 2.49. The van der Waals surface area contributed by atoms with Gasteiger partial charge < -0.3 is 9.80 Å². The fourth-order valence-electron chi connectivity index (χ4n) is 8.15. The number of nitrogens with zero attached hydrogens (tertiary/aromatic N) is 3. The molecule has 3 nitrogen and oxygen atoms in total. The Morgan fingerprint density at radius 3 is 2.11 bits per heavy atom. The minimum Gasteiger partial charge on any atom is -0.373 e. The van der Waals surface area contributed by atoms with Crippen molar-refractivity contribution in [2.24, 2.45) is 10.9 Å². The third kappa shape index (κ3) is 11.3. The number of aryl methyl sites for hydroxylation is 2. The molecule has 9 rings (SSSR count). The number of benzene rings is 6. The Balaban J connectivity index is 0.000000180. The molecule has 6 aromatic rings. The van der Waals surface area contributed by atoms with Gasteiger partial charge in [0.15, 0.2) is 0 Å². The molecule has 3 radical (unpaired) electrons. The number of fused-ring (bicyclic) bond motifs is 2. The van der Waals surface area contributed by atoms with Crippen LogP contribution in [0, 0.1) is 38.0 Å². The maximum absolute atomic E-state index is 4.72. The first-order valence-corrected chi connectivity index (χ1v) is 21.4. The quantitative estimate of drug-likeness (QED) is 0.136. The summed E-state index contributed by atoms with van der Waals surface area (Å²) in [7, 11) is 2.08. The van der Waals surface area contributed by atoms with Crippen LogP contribution < -0.4 is 4.90 Å². The molecule has 0 saturated carbocycles. The monoisotopic (exact) mass is 794 g/mol. The van der Waals surface area contributed by atoms with E-state index in [4.69, 9.17) is 4.99 Å². The lowest BCUT2D eigenvalue weighted by atomic mass is 9.84. The summed E-state index contributed by atoms with van der Waals surface area (Å²) in [6, 6.07) is 60.8. The summed E-state index contributed by atoms with van der Waals surface area (Å²) in [5.74, 6) is 0.830. The number of hydrogen-bond donors (Lipinski definition) is 0. The van der Waals surface area contributed by atoms with Crippen molar-refractivity contribution in [1.82, 2.24) is 4.90 Å². The second-order valence-corrected chi connectivity index (χ2v) is 16.0. The van der Waals surface area contributed by atoms with Crippen LogP contribution in [0.2, 0.25) is 0 Å². The predicted molar refractivity (Wildman–Crippen MR) is 259 cm³/mol. The van der Waals surface area contributed by atoms with Crippen LogP contribution in [0.3, 0.4) is 0 Å². The minimum absolute atomic E-state index is 0.400. The topological polar surface area (TPSA) is 18.8 Å². The number of allylic oxidation sites excluding steroid dienone is 6. The first kappa shape index (κ1) is 42.4. The zero-order valence-corrected chi connectivity index (χ0v) is 36.2. The number of aliphatic imine (C=N–C) groups is 1. The van der Waals surface area contributed by atoms with Crippen molar-refractivity contribution in [2.45, 2.75) is 46.5 Å². The molecule has 0 bridgehead atoms. The van der Waals surface area contributed by atoms with Crippen LogP contribution in [0.4, 0.5) is 11.4 Å². The van der Waals surface area contributed by atoms with Crippen LogP contribution in [0.25, 0.3) is 11.3 Å². The third-order valence-corrected chi connectivity index (χ3v) is 11.3. The van der Waals surface area contributed by atoms with Gasteiger partial charge in [-0.3, -0.25) is 0 Å². The van der Waals surface area contributed by atoms with Crippen molar-refractivity contribution in [3.8, 4) is 0 Å². The Kier molecular flexibility index (Phi) is 14.6. The van der Waals surface area contributed by atoms with Gasteiger partial charge in [0, 0.05) is 55.0 Å². The van der Waals surface area contributed by atoms with Gasteiger partial charge in [-0.1, -0.05) is 170 Å². The maximum atomic E-state index is 4.72. The van der Waals surface area contributed by atoms with Gasteiger partial charge in [-0.05, 0) is 103 Å². The molecule has 0 saturated heterocycles. The van der Waals surface area contributed by atoms with Crippen LogP contribution in [-0.2, 0) is 6.42 Å². The van der Waals surface area contributed by atoms with Crippen LogP contribution in [-0.4, -0.2) is 30.7 Å². The van der Waals surface area contributed by atoms with Crippen LogP contribution in [0.15, 0.2) is 199 Å². The summed E-state index contributed by atoms with van der Waals surface area (Å²) in [6.07, 6.45) is 17.0. The van der Waals surface area contributed by atoms with Gasteiger partial charge in [0.05, 0.1) is 23.6 Å². The highest BCUT2D eigenvalue weighted by atomic mass is 15.1. The molecule has 3 heteroatoms. The van der Waals surface area contributed by atoms with E-state index in [9.17, 15) is 0 Å². The molecule has 1 heterocycles. The first-order valence-electron chi connectivity index (χ1n) is 21.4. The third-order valence-electron chi connectivity index (χ3n) is 11.3. The number of anilines is 2. The fourth-order valence-corrected chi connectivity index (χ4v) is 8.15. The molecular formula is C58H56N3. The van der Waals surface area contributed by atoms with Crippen molar-refractivity contribution in [2.75, 3.05) is 25.0 Å². The van der Waals surface area contributed by atoms with E-state index in [1.54, 1.807) is 0 Å². The van der Waals surface area contributed by atoms with E-state index in [1.165, 1.54) is 50.2 Å². The van der Waals surface area contributed by atoms with Crippen LogP contribution in [0.5, 0.6) is 0 Å². The van der Waals surface area contributed by atoms with Gasteiger partial charge in [0.25, 0.3) is 0 Å². The van der Waals surface area contributed by atoms with Crippen molar-refractivity contribution < 1.29 is 0 Å². The second kappa shape index (κ2) is 21.0. The van der Waals surface area contributed by atoms with Crippen molar-refractivity contribution in [1.29, 1.82) is 0 Å². The van der Waals surface area contributed by atoms with Crippen LogP contribution >= 0.6 is 0 Å². The molecule has 0 aromatic heterocycles. The summed E-state index contributed by atoms with van der Waals surface area (Å²) < 4.78 is 0. The lowest BCUT2D eigenvalue weighted by molar-refractivity contribution is 0.521. The molecule has 3 aliphatic rings. The van der Waals surface area contributed by atoms with Gasteiger partial charge in [0.1, 0.15) is 0 Å². The van der Waals surface area contributed by atoms with Crippen molar-refractivity contribution >= 4 is 28.4 Å². The minimum atomic E-state index is 0.400. The van der Waals surface area contributed by atoms with E-state index in [0.717, 1.165) is 48.6 Å². The maximum Gasteiger partial charge on any atom is 0.0864 e. The Morgan fingerprint density at radius 1 is 0.770 bits per heavy atom. The zero-order valence-electron chi connectivity index (χ0n) is 36.2. The summed E-state index contributed by atoms with van der Waals surface area (Å²) in [5, 5.41) is 0. The Bertz CT molecular complexity index is 2470. The van der Waals surface area contributed by atoms with Gasteiger partial charge in [-0.25, -0.2) is 4.99 Å². The van der Waals surface area contributed by atoms with Crippen molar-refractivity contribution in [3.63, 3.8) is 0 Å². The van der Waals surface area contributed by atoms with Crippen molar-refractivity contribution in [3.05, 3.63) is 251 Å². The Hall–Kier alpha value is -6.71. The average Bonchev–Trinajstić information content (AvgIpc) is 3.58. The summed E-state index contributed by atoms with van der Waals surface area (Å²) in [6.45, 7) is 10.3. The predicted octanol–water partition coefficient (Wildman–Crippen LogP) is 13.8.